The second-order valence-corrected chi connectivity index (χ2v) is 3.50. The quantitative estimate of drug-likeness (QED) is 0.596. The monoisotopic (exact) mass is 203 g/mol. The van der Waals surface area contributed by atoms with Gasteiger partial charge in [-0.05, 0) is 30.7 Å². The van der Waals surface area contributed by atoms with E-state index in [0.717, 1.165) is 5.56 Å². The minimum atomic E-state index is -1.05. The van der Waals surface area contributed by atoms with Crippen LogP contribution in [0.3, 0.4) is 0 Å². The Morgan fingerprint density at radius 3 is 2.93 bits per heavy atom. The molecule has 0 fully saturated rings. The number of pyridine rings is 1. The van der Waals surface area contributed by atoms with E-state index in [0.29, 0.717) is 11.5 Å². The molecule has 0 radical (unpaired) electrons. The Balaban J connectivity index is 2.42. The van der Waals surface area contributed by atoms with Crippen molar-refractivity contribution in [3.05, 3.63) is 41.9 Å². The molecule has 2 heterocycles. The fourth-order valence-corrected chi connectivity index (χ4v) is 1.40. The maximum absolute atomic E-state index is 6.05. The number of amidine groups is 1. The van der Waals surface area contributed by atoms with Crippen LogP contribution in [0.1, 0.15) is 11.3 Å². The Kier molecular flexibility index (Phi) is 2.17. The number of aromatic nitrogens is 1. The van der Waals surface area contributed by atoms with Crippen LogP contribution >= 0.6 is 0 Å². The van der Waals surface area contributed by atoms with E-state index in [1.165, 1.54) is 0 Å². The average molecular weight is 203 g/mol. The number of rotatable bonds is 1. The predicted octanol–water partition coefficient (Wildman–Crippen LogP) is -0.0669. The number of nitrogens with two attached hydrogens (primary N) is 2. The lowest BCUT2D eigenvalue weighted by molar-refractivity contribution is 0.397. The van der Waals surface area contributed by atoms with Crippen molar-refractivity contribution in [2.75, 3.05) is 0 Å². The molecule has 1 unspecified atom stereocenters. The standard InChI is InChI=1S/C10H13N5/c1-7-2-4-13-8(6-7)10(12)14-5-3-9(11)15-10/h2-6,14H,12H2,1H3,(H2,11,15). The van der Waals surface area contributed by atoms with Gasteiger partial charge < -0.3 is 11.1 Å². The van der Waals surface area contributed by atoms with Crippen molar-refractivity contribution in [3.8, 4) is 0 Å². The fraction of sp³-hybridized carbons (Fsp3) is 0.200. The van der Waals surface area contributed by atoms with Crippen LogP contribution in [0.15, 0.2) is 35.6 Å². The highest BCUT2D eigenvalue weighted by molar-refractivity contribution is 5.92. The van der Waals surface area contributed by atoms with Crippen molar-refractivity contribution in [2.24, 2.45) is 16.5 Å². The van der Waals surface area contributed by atoms with Crippen LogP contribution in [0.4, 0.5) is 0 Å². The highest BCUT2D eigenvalue weighted by atomic mass is 15.3. The summed E-state index contributed by atoms with van der Waals surface area (Å²) in [6, 6.07) is 3.78. The maximum Gasteiger partial charge on any atom is 0.228 e. The molecular weight excluding hydrogens is 190 g/mol. The average Bonchev–Trinajstić information content (AvgIpc) is 2.17. The van der Waals surface area contributed by atoms with Gasteiger partial charge in [0.15, 0.2) is 0 Å². The van der Waals surface area contributed by atoms with Gasteiger partial charge >= 0.3 is 0 Å². The normalized spacial score (nSPS) is 24.5. The molecule has 1 aromatic rings. The molecule has 0 saturated heterocycles. The largest absolute Gasteiger partial charge is 0.384 e. The molecule has 1 aliphatic rings. The molecule has 5 nitrogen and oxygen atoms in total. The van der Waals surface area contributed by atoms with Crippen LogP contribution in [0.5, 0.6) is 0 Å². The van der Waals surface area contributed by atoms with Crippen LogP contribution < -0.4 is 16.8 Å². The molecule has 0 saturated carbocycles. The molecule has 1 aliphatic heterocycles. The van der Waals surface area contributed by atoms with Crippen LogP contribution in [-0.4, -0.2) is 10.8 Å². The van der Waals surface area contributed by atoms with E-state index in [-0.39, 0.29) is 0 Å². The van der Waals surface area contributed by atoms with Crippen LogP contribution in [0.25, 0.3) is 0 Å². The molecule has 0 bridgehead atoms. The van der Waals surface area contributed by atoms with Gasteiger partial charge in [0, 0.05) is 12.4 Å². The first kappa shape index (κ1) is 9.67. The van der Waals surface area contributed by atoms with Crippen LogP contribution in [-0.2, 0) is 5.79 Å². The molecule has 0 amide bonds. The number of hydrogen-bond donors (Lipinski definition) is 3. The second kappa shape index (κ2) is 3.36. The molecule has 15 heavy (non-hydrogen) atoms. The first-order valence-corrected chi connectivity index (χ1v) is 4.62. The molecule has 5 heteroatoms. The van der Waals surface area contributed by atoms with Crippen molar-refractivity contribution in [1.82, 2.24) is 10.3 Å². The van der Waals surface area contributed by atoms with Crippen LogP contribution in [0, 0.1) is 6.92 Å². The van der Waals surface area contributed by atoms with Gasteiger partial charge in [-0.25, -0.2) is 4.99 Å². The molecular formula is C10H13N5. The van der Waals surface area contributed by atoms with E-state index in [4.69, 9.17) is 11.5 Å². The Labute approximate surface area is 87.9 Å². The highest BCUT2D eigenvalue weighted by Crippen LogP contribution is 2.17. The lowest BCUT2D eigenvalue weighted by atomic mass is 10.1. The first-order chi connectivity index (χ1) is 7.10. The number of nitrogens with zero attached hydrogens (tertiary/aromatic N) is 2. The van der Waals surface area contributed by atoms with Crippen molar-refractivity contribution in [1.29, 1.82) is 0 Å². The van der Waals surface area contributed by atoms with Crippen molar-refractivity contribution in [2.45, 2.75) is 12.7 Å². The third-order valence-corrected chi connectivity index (χ3v) is 2.17. The minimum absolute atomic E-state index is 0.388. The summed E-state index contributed by atoms with van der Waals surface area (Å²) < 4.78 is 0. The van der Waals surface area contributed by atoms with E-state index in [1.54, 1.807) is 18.5 Å². The third kappa shape index (κ3) is 1.82. The van der Waals surface area contributed by atoms with Crippen LogP contribution in [0.2, 0.25) is 0 Å². The summed E-state index contributed by atoms with van der Waals surface area (Å²) >= 11 is 0. The molecule has 0 aromatic carbocycles. The SMILES string of the molecule is Cc1ccnc(C2(N)N=C(N)C=CN2)c1. The van der Waals surface area contributed by atoms with Gasteiger partial charge in [0.2, 0.25) is 5.79 Å². The zero-order valence-electron chi connectivity index (χ0n) is 8.44. The fourth-order valence-electron chi connectivity index (χ4n) is 1.40. The summed E-state index contributed by atoms with van der Waals surface area (Å²) in [5.74, 6) is -0.662. The lowest BCUT2D eigenvalue weighted by Gasteiger charge is -2.27. The summed E-state index contributed by atoms with van der Waals surface area (Å²) in [4.78, 5) is 8.32. The van der Waals surface area contributed by atoms with Crippen molar-refractivity contribution in [3.63, 3.8) is 0 Å². The Hall–Kier alpha value is -1.88. The topological polar surface area (TPSA) is 89.3 Å². The van der Waals surface area contributed by atoms with Gasteiger partial charge in [0.05, 0.1) is 0 Å². The summed E-state index contributed by atoms with van der Waals surface area (Å²) in [6.45, 7) is 1.97. The summed E-state index contributed by atoms with van der Waals surface area (Å²) in [7, 11) is 0. The molecule has 1 atom stereocenters. The van der Waals surface area contributed by atoms with Gasteiger partial charge in [0.1, 0.15) is 11.5 Å². The summed E-state index contributed by atoms with van der Waals surface area (Å²) in [5.41, 5.74) is 13.4. The van der Waals surface area contributed by atoms with E-state index in [1.807, 2.05) is 19.1 Å². The molecule has 0 aliphatic carbocycles. The van der Waals surface area contributed by atoms with E-state index in [2.05, 4.69) is 15.3 Å². The van der Waals surface area contributed by atoms with Gasteiger partial charge in [-0.2, -0.15) is 0 Å². The first-order valence-electron chi connectivity index (χ1n) is 4.62. The summed E-state index contributed by atoms with van der Waals surface area (Å²) in [6.07, 6.45) is 5.03. The highest BCUT2D eigenvalue weighted by Gasteiger charge is 2.28. The molecule has 2 rings (SSSR count). The van der Waals surface area contributed by atoms with Gasteiger partial charge in [-0.3, -0.25) is 10.7 Å². The predicted molar refractivity (Wildman–Crippen MR) is 58.7 cm³/mol. The van der Waals surface area contributed by atoms with Gasteiger partial charge in [0.25, 0.3) is 0 Å². The third-order valence-electron chi connectivity index (χ3n) is 2.17. The van der Waals surface area contributed by atoms with Crippen molar-refractivity contribution < 1.29 is 0 Å². The number of nitrogens with one attached hydrogen (secondary N) is 1. The number of aryl methyl sites for hydroxylation is 1. The zero-order valence-corrected chi connectivity index (χ0v) is 8.44. The minimum Gasteiger partial charge on any atom is -0.384 e. The maximum atomic E-state index is 6.05. The molecule has 78 valence electrons. The number of aliphatic imine (C=N–C) groups is 1. The zero-order chi connectivity index (χ0) is 10.9. The lowest BCUT2D eigenvalue weighted by Crippen LogP contribution is -2.50. The van der Waals surface area contributed by atoms with E-state index >= 15 is 0 Å². The molecule has 0 spiro atoms. The number of hydrogen-bond acceptors (Lipinski definition) is 5. The Bertz CT molecular complexity index is 437. The molecule has 5 N–H and O–H groups in total. The van der Waals surface area contributed by atoms with Gasteiger partial charge in [-0.1, -0.05) is 0 Å². The smallest absolute Gasteiger partial charge is 0.228 e. The molecule has 1 aromatic heterocycles. The Morgan fingerprint density at radius 1 is 1.47 bits per heavy atom. The van der Waals surface area contributed by atoms with E-state index in [9.17, 15) is 0 Å². The summed E-state index contributed by atoms with van der Waals surface area (Å²) in [5, 5.41) is 2.94. The van der Waals surface area contributed by atoms with E-state index < -0.39 is 5.79 Å². The Morgan fingerprint density at radius 2 is 2.27 bits per heavy atom. The van der Waals surface area contributed by atoms with Gasteiger partial charge in [-0.15, -0.1) is 0 Å². The second-order valence-electron chi connectivity index (χ2n) is 3.50. The van der Waals surface area contributed by atoms with Crippen molar-refractivity contribution >= 4 is 5.84 Å².